The van der Waals surface area contributed by atoms with Gasteiger partial charge in [-0.15, -0.1) is 0 Å². The van der Waals surface area contributed by atoms with Crippen molar-refractivity contribution in [3.8, 4) is 11.1 Å². The lowest BCUT2D eigenvalue weighted by molar-refractivity contribution is -0.116. The Morgan fingerprint density at radius 3 is 1.91 bits per heavy atom. The SMILES string of the molecule is Cn1cc(-c2ccccc2)cn1.O=CC(C=O)c1ccccc1. The molecule has 0 N–H and O–H groups in total. The molecule has 0 unspecified atom stereocenters. The summed E-state index contributed by atoms with van der Waals surface area (Å²) in [6.45, 7) is 0. The fraction of sp³-hybridized carbons (Fsp3) is 0.105. The molecular weight excluding hydrogens is 288 g/mol. The summed E-state index contributed by atoms with van der Waals surface area (Å²) >= 11 is 0. The molecule has 23 heavy (non-hydrogen) atoms. The van der Waals surface area contributed by atoms with Crippen LogP contribution in [0, 0.1) is 0 Å². The van der Waals surface area contributed by atoms with Gasteiger partial charge in [0, 0.05) is 18.8 Å². The lowest BCUT2D eigenvalue weighted by Crippen LogP contribution is -2.00. The summed E-state index contributed by atoms with van der Waals surface area (Å²) in [5, 5.41) is 4.11. The number of nitrogens with zero attached hydrogens (tertiary/aromatic N) is 2. The van der Waals surface area contributed by atoms with Crippen LogP contribution in [0.15, 0.2) is 73.1 Å². The largest absolute Gasteiger partial charge is 0.302 e. The summed E-state index contributed by atoms with van der Waals surface area (Å²) in [5.74, 6) is -0.601. The monoisotopic (exact) mass is 306 g/mol. The summed E-state index contributed by atoms with van der Waals surface area (Å²) < 4.78 is 1.81. The van der Waals surface area contributed by atoms with Crippen molar-refractivity contribution in [2.24, 2.45) is 7.05 Å². The summed E-state index contributed by atoms with van der Waals surface area (Å²) in [6.07, 6.45) is 5.16. The molecule has 1 heterocycles. The second kappa shape index (κ2) is 8.44. The first-order valence-electron chi connectivity index (χ1n) is 7.24. The van der Waals surface area contributed by atoms with Gasteiger partial charge >= 0.3 is 0 Å². The molecule has 4 nitrogen and oxygen atoms in total. The summed E-state index contributed by atoms with van der Waals surface area (Å²) in [6, 6.07) is 19.2. The van der Waals surface area contributed by atoms with Crippen LogP contribution in [0.3, 0.4) is 0 Å². The van der Waals surface area contributed by atoms with Crippen molar-refractivity contribution < 1.29 is 9.59 Å². The van der Waals surface area contributed by atoms with Gasteiger partial charge in [0.2, 0.25) is 0 Å². The Bertz CT molecular complexity index is 728. The van der Waals surface area contributed by atoms with Crippen LogP contribution in [0.2, 0.25) is 0 Å². The van der Waals surface area contributed by atoms with Crippen LogP contribution in [-0.4, -0.2) is 22.4 Å². The predicted molar refractivity (Wildman–Crippen MR) is 90.0 cm³/mol. The van der Waals surface area contributed by atoms with E-state index < -0.39 is 5.92 Å². The standard InChI is InChI=1S/C10H10N2.C9H8O2/c1-12-8-10(7-11-12)9-5-3-2-4-6-9;10-6-9(7-11)8-4-2-1-3-5-8/h2-8H,1H3;1-7,9H. The molecule has 3 rings (SSSR count). The highest BCUT2D eigenvalue weighted by molar-refractivity contribution is 5.84. The van der Waals surface area contributed by atoms with Crippen molar-refractivity contribution in [3.05, 3.63) is 78.6 Å². The molecule has 116 valence electrons. The molecule has 1 aromatic heterocycles. The van der Waals surface area contributed by atoms with Crippen LogP contribution >= 0.6 is 0 Å². The van der Waals surface area contributed by atoms with Gasteiger partial charge in [0.1, 0.15) is 12.6 Å². The third-order valence-corrected chi connectivity index (χ3v) is 3.29. The Kier molecular flexibility index (Phi) is 6.00. The van der Waals surface area contributed by atoms with Crippen molar-refractivity contribution in [1.29, 1.82) is 0 Å². The van der Waals surface area contributed by atoms with Crippen molar-refractivity contribution in [2.75, 3.05) is 0 Å². The number of aryl methyl sites for hydroxylation is 1. The molecule has 0 amide bonds. The maximum atomic E-state index is 10.3. The molecule has 0 saturated heterocycles. The van der Waals surface area contributed by atoms with Gasteiger partial charge in [-0.1, -0.05) is 60.7 Å². The molecule has 0 atom stereocenters. The highest BCUT2D eigenvalue weighted by Crippen LogP contribution is 2.16. The van der Waals surface area contributed by atoms with Crippen molar-refractivity contribution in [1.82, 2.24) is 9.78 Å². The van der Waals surface area contributed by atoms with Gasteiger partial charge in [-0.25, -0.2) is 0 Å². The zero-order valence-electron chi connectivity index (χ0n) is 12.9. The maximum Gasteiger partial charge on any atom is 0.134 e. The van der Waals surface area contributed by atoms with E-state index in [9.17, 15) is 9.59 Å². The van der Waals surface area contributed by atoms with Gasteiger partial charge in [-0.2, -0.15) is 5.10 Å². The molecule has 2 aromatic carbocycles. The Morgan fingerprint density at radius 1 is 0.870 bits per heavy atom. The molecule has 3 aromatic rings. The zero-order chi connectivity index (χ0) is 16.5. The van der Waals surface area contributed by atoms with Crippen LogP contribution in [0.1, 0.15) is 11.5 Å². The van der Waals surface area contributed by atoms with Gasteiger partial charge < -0.3 is 9.59 Å². The normalized spacial score (nSPS) is 9.83. The molecular formula is C19H18N2O2. The van der Waals surface area contributed by atoms with Gasteiger partial charge in [0.25, 0.3) is 0 Å². The molecule has 0 radical (unpaired) electrons. The maximum absolute atomic E-state index is 10.3. The number of carbonyl (C=O) groups is 2. The third-order valence-electron chi connectivity index (χ3n) is 3.29. The summed E-state index contributed by atoms with van der Waals surface area (Å²) in [4.78, 5) is 20.6. The lowest BCUT2D eigenvalue weighted by atomic mass is 10.0. The van der Waals surface area contributed by atoms with Gasteiger partial charge in [-0.3, -0.25) is 4.68 Å². The smallest absolute Gasteiger partial charge is 0.134 e. The highest BCUT2D eigenvalue weighted by atomic mass is 16.1. The van der Waals surface area contributed by atoms with Crippen molar-refractivity contribution in [2.45, 2.75) is 5.92 Å². The van der Waals surface area contributed by atoms with Crippen molar-refractivity contribution >= 4 is 12.6 Å². The Balaban J connectivity index is 0.000000168. The van der Waals surface area contributed by atoms with Gasteiger partial charge in [-0.05, 0) is 11.1 Å². The predicted octanol–water partition coefficient (Wildman–Crippen LogP) is 3.26. The number of rotatable bonds is 4. The van der Waals surface area contributed by atoms with Crippen LogP contribution in [0.25, 0.3) is 11.1 Å². The number of hydrogen-bond acceptors (Lipinski definition) is 3. The highest BCUT2D eigenvalue weighted by Gasteiger charge is 2.06. The van der Waals surface area contributed by atoms with E-state index in [1.165, 1.54) is 5.56 Å². The van der Waals surface area contributed by atoms with E-state index in [0.717, 1.165) is 11.1 Å². The van der Waals surface area contributed by atoms with E-state index in [1.54, 1.807) is 24.3 Å². The van der Waals surface area contributed by atoms with E-state index in [2.05, 4.69) is 17.2 Å². The number of aromatic nitrogens is 2. The second-order valence-corrected chi connectivity index (χ2v) is 4.98. The minimum atomic E-state index is -0.601. The lowest BCUT2D eigenvalue weighted by Gasteiger charge is -1.99. The third kappa shape index (κ3) is 4.74. The van der Waals surface area contributed by atoms with E-state index in [-0.39, 0.29) is 0 Å². The summed E-state index contributed by atoms with van der Waals surface area (Å²) in [7, 11) is 1.92. The van der Waals surface area contributed by atoms with E-state index >= 15 is 0 Å². The van der Waals surface area contributed by atoms with Crippen LogP contribution in [-0.2, 0) is 16.6 Å². The number of carbonyl (C=O) groups excluding carboxylic acids is 2. The quantitative estimate of drug-likeness (QED) is 0.549. The molecule has 0 saturated carbocycles. The van der Waals surface area contributed by atoms with Gasteiger partial charge in [0.15, 0.2) is 0 Å². The first-order chi connectivity index (χ1) is 11.2. The average molecular weight is 306 g/mol. The first-order valence-corrected chi connectivity index (χ1v) is 7.24. The summed E-state index contributed by atoms with van der Waals surface area (Å²) in [5.41, 5.74) is 3.13. The average Bonchev–Trinajstić information content (AvgIpc) is 3.05. The molecule has 0 aliphatic carbocycles. The molecule has 0 aliphatic heterocycles. The molecule has 4 heteroatoms. The first kappa shape index (κ1) is 16.4. The van der Waals surface area contributed by atoms with Crippen LogP contribution < -0.4 is 0 Å². The molecule has 0 bridgehead atoms. The molecule has 0 aliphatic rings. The zero-order valence-corrected chi connectivity index (χ0v) is 12.9. The van der Waals surface area contributed by atoms with Crippen molar-refractivity contribution in [3.63, 3.8) is 0 Å². The minimum Gasteiger partial charge on any atom is -0.302 e. The fourth-order valence-electron chi connectivity index (χ4n) is 2.07. The number of benzene rings is 2. The fourth-order valence-corrected chi connectivity index (χ4v) is 2.07. The number of hydrogen-bond donors (Lipinski definition) is 0. The molecule has 0 fully saturated rings. The Hall–Kier alpha value is -3.01. The van der Waals surface area contributed by atoms with Crippen LogP contribution in [0.5, 0.6) is 0 Å². The Labute approximate surface area is 135 Å². The second-order valence-electron chi connectivity index (χ2n) is 4.98. The number of aldehydes is 2. The minimum absolute atomic E-state index is 0.601. The van der Waals surface area contributed by atoms with E-state index in [1.807, 2.05) is 48.4 Å². The Morgan fingerprint density at radius 2 is 1.43 bits per heavy atom. The van der Waals surface area contributed by atoms with E-state index in [4.69, 9.17) is 0 Å². The van der Waals surface area contributed by atoms with Crippen LogP contribution in [0.4, 0.5) is 0 Å². The molecule has 0 spiro atoms. The topological polar surface area (TPSA) is 52.0 Å². The van der Waals surface area contributed by atoms with Gasteiger partial charge in [0.05, 0.1) is 12.1 Å². The van der Waals surface area contributed by atoms with E-state index in [0.29, 0.717) is 12.6 Å².